The van der Waals surface area contributed by atoms with Gasteiger partial charge in [0.05, 0.1) is 17.1 Å². The summed E-state index contributed by atoms with van der Waals surface area (Å²) >= 11 is 0. The second-order valence-corrected chi connectivity index (χ2v) is 4.26. The smallest absolute Gasteiger partial charge is 0.294 e. The summed E-state index contributed by atoms with van der Waals surface area (Å²) in [5.41, 5.74) is 8.17. The Labute approximate surface area is 98.9 Å². The minimum atomic E-state index is 0.202. The number of benzene rings is 1. The quantitative estimate of drug-likeness (QED) is 0.791. The Bertz CT molecular complexity index is 517. The summed E-state index contributed by atoms with van der Waals surface area (Å²) in [7, 11) is 0. The zero-order valence-electron chi connectivity index (χ0n) is 9.48. The predicted molar refractivity (Wildman–Crippen MR) is 65.0 cm³/mol. The molecule has 2 heterocycles. The summed E-state index contributed by atoms with van der Waals surface area (Å²) in [6.45, 7) is 1.39. The molecule has 0 amide bonds. The zero-order valence-corrected chi connectivity index (χ0v) is 9.48. The fraction of sp³-hybridized carbons (Fsp3) is 0.417. The Hall–Kier alpha value is -1.75. The van der Waals surface area contributed by atoms with Gasteiger partial charge in [0.2, 0.25) is 0 Å². The maximum Gasteiger partial charge on any atom is 0.294 e. The maximum absolute atomic E-state index is 5.70. The number of aromatic amines is 1. The fourth-order valence-electron chi connectivity index (χ4n) is 2.02. The van der Waals surface area contributed by atoms with Crippen LogP contribution in [0.25, 0.3) is 11.0 Å². The van der Waals surface area contributed by atoms with Crippen LogP contribution in [-0.2, 0) is 4.74 Å². The van der Waals surface area contributed by atoms with E-state index in [9.17, 15) is 0 Å². The molecule has 1 atom stereocenters. The Balaban J connectivity index is 1.72. The number of rotatable bonds is 3. The number of ether oxygens (including phenoxy) is 2. The van der Waals surface area contributed by atoms with Gasteiger partial charge in [-0.1, -0.05) is 0 Å². The average molecular weight is 233 g/mol. The van der Waals surface area contributed by atoms with Gasteiger partial charge in [0, 0.05) is 12.3 Å². The van der Waals surface area contributed by atoms with Gasteiger partial charge in [-0.25, -0.2) is 0 Å². The van der Waals surface area contributed by atoms with Gasteiger partial charge in [-0.3, -0.25) is 0 Å². The molecule has 1 unspecified atom stereocenters. The van der Waals surface area contributed by atoms with Gasteiger partial charge in [-0.2, -0.15) is 4.98 Å². The molecule has 3 rings (SSSR count). The number of nitrogens with zero attached hydrogens (tertiary/aromatic N) is 1. The molecule has 1 aromatic carbocycles. The second-order valence-electron chi connectivity index (χ2n) is 4.26. The van der Waals surface area contributed by atoms with Crippen molar-refractivity contribution in [2.24, 2.45) is 0 Å². The van der Waals surface area contributed by atoms with Crippen LogP contribution in [0, 0.1) is 0 Å². The first kappa shape index (κ1) is 10.4. The number of aromatic nitrogens is 2. The first-order valence-electron chi connectivity index (χ1n) is 5.81. The summed E-state index contributed by atoms with van der Waals surface area (Å²) in [4.78, 5) is 7.42. The highest BCUT2D eigenvalue weighted by Crippen LogP contribution is 2.19. The molecule has 3 N–H and O–H groups in total. The Kier molecular flexibility index (Phi) is 2.60. The summed E-state index contributed by atoms with van der Waals surface area (Å²) in [5.74, 6) is 0. The van der Waals surface area contributed by atoms with Gasteiger partial charge >= 0.3 is 0 Å². The lowest BCUT2D eigenvalue weighted by molar-refractivity contribution is 0.0650. The number of hydrogen-bond donors (Lipinski definition) is 2. The van der Waals surface area contributed by atoms with E-state index in [-0.39, 0.29) is 6.10 Å². The van der Waals surface area contributed by atoms with E-state index in [1.165, 1.54) is 0 Å². The third-order valence-corrected chi connectivity index (χ3v) is 2.91. The lowest BCUT2D eigenvalue weighted by Gasteiger charge is -2.08. The third kappa shape index (κ3) is 2.19. The van der Waals surface area contributed by atoms with E-state index < -0.39 is 0 Å². The molecular formula is C12H15N3O2. The van der Waals surface area contributed by atoms with Gasteiger partial charge in [0.25, 0.3) is 6.01 Å². The first-order valence-corrected chi connectivity index (χ1v) is 5.81. The number of imidazole rings is 1. The highest BCUT2D eigenvalue weighted by molar-refractivity contribution is 5.79. The van der Waals surface area contributed by atoms with Crippen LogP contribution in [0.2, 0.25) is 0 Å². The van der Waals surface area contributed by atoms with Crippen molar-refractivity contribution in [3.8, 4) is 6.01 Å². The molecule has 0 saturated carbocycles. The third-order valence-electron chi connectivity index (χ3n) is 2.91. The van der Waals surface area contributed by atoms with E-state index in [0.717, 1.165) is 30.5 Å². The normalized spacial score (nSPS) is 19.9. The van der Waals surface area contributed by atoms with Gasteiger partial charge in [0.1, 0.15) is 6.61 Å². The summed E-state index contributed by atoms with van der Waals surface area (Å²) in [6.07, 6.45) is 2.38. The molecule has 17 heavy (non-hydrogen) atoms. The van der Waals surface area contributed by atoms with Gasteiger partial charge < -0.3 is 20.2 Å². The molecule has 1 saturated heterocycles. The van der Waals surface area contributed by atoms with E-state index in [4.69, 9.17) is 15.2 Å². The lowest BCUT2D eigenvalue weighted by atomic mass is 10.2. The average Bonchev–Trinajstić information content (AvgIpc) is 2.94. The molecule has 2 aromatic rings. The zero-order chi connectivity index (χ0) is 11.7. The molecule has 1 aliphatic heterocycles. The second kappa shape index (κ2) is 4.25. The molecule has 1 aromatic heterocycles. The molecule has 0 radical (unpaired) electrons. The van der Waals surface area contributed by atoms with Crippen molar-refractivity contribution in [2.75, 3.05) is 18.9 Å². The fourth-order valence-corrected chi connectivity index (χ4v) is 2.02. The van der Waals surface area contributed by atoms with E-state index in [1.54, 1.807) is 0 Å². The molecule has 1 aliphatic rings. The molecular weight excluding hydrogens is 218 g/mol. The number of fused-ring (bicyclic) bond motifs is 1. The highest BCUT2D eigenvalue weighted by Gasteiger charge is 2.16. The van der Waals surface area contributed by atoms with Crippen molar-refractivity contribution in [1.82, 2.24) is 9.97 Å². The van der Waals surface area contributed by atoms with Crippen LogP contribution in [0.5, 0.6) is 6.01 Å². The standard InChI is InChI=1S/C12H15N3O2/c13-8-3-4-10-11(6-8)15-12(14-10)17-7-9-2-1-5-16-9/h3-4,6,9H,1-2,5,7,13H2,(H,14,15). The SMILES string of the molecule is Nc1ccc2nc(OCC3CCCO3)[nH]c2c1. The van der Waals surface area contributed by atoms with Crippen molar-refractivity contribution in [3.63, 3.8) is 0 Å². The van der Waals surface area contributed by atoms with Crippen LogP contribution in [0.4, 0.5) is 5.69 Å². The van der Waals surface area contributed by atoms with Crippen LogP contribution in [-0.4, -0.2) is 29.3 Å². The van der Waals surface area contributed by atoms with E-state index in [0.29, 0.717) is 18.3 Å². The van der Waals surface area contributed by atoms with Gasteiger partial charge in [0.15, 0.2) is 0 Å². The number of anilines is 1. The van der Waals surface area contributed by atoms with Crippen LogP contribution in [0.3, 0.4) is 0 Å². The van der Waals surface area contributed by atoms with Crippen LogP contribution >= 0.6 is 0 Å². The van der Waals surface area contributed by atoms with Crippen LogP contribution in [0.1, 0.15) is 12.8 Å². The minimum absolute atomic E-state index is 0.202. The summed E-state index contributed by atoms with van der Waals surface area (Å²) in [5, 5.41) is 0. The number of hydrogen-bond acceptors (Lipinski definition) is 4. The first-order chi connectivity index (χ1) is 8.31. The number of H-pyrrole nitrogens is 1. The largest absolute Gasteiger partial charge is 0.462 e. The molecule has 5 heteroatoms. The number of nitrogens with one attached hydrogen (secondary N) is 1. The molecule has 0 aliphatic carbocycles. The number of nitrogen functional groups attached to an aromatic ring is 1. The van der Waals surface area contributed by atoms with Crippen molar-refractivity contribution in [1.29, 1.82) is 0 Å². The molecule has 0 bridgehead atoms. The lowest BCUT2D eigenvalue weighted by Crippen LogP contribution is -2.16. The molecule has 5 nitrogen and oxygen atoms in total. The van der Waals surface area contributed by atoms with Gasteiger partial charge in [-0.15, -0.1) is 0 Å². The molecule has 90 valence electrons. The Morgan fingerprint density at radius 3 is 3.29 bits per heavy atom. The molecule has 1 fully saturated rings. The summed E-state index contributed by atoms with van der Waals surface area (Å²) < 4.78 is 11.1. The Morgan fingerprint density at radius 1 is 1.53 bits per heavy atom. The van der Waals surface area contributed by atoms with Crippen LogP contribution < -0.4 is 10.5 Å². The minimum Gasteiger partial charge on any atom is -0.462 e. The maximum atomic E-state index is 5.70. The van der Waals surface area contributed by atoms with Crippen molar-refractivity contribution in [2.45, 2.75) is 18.9 Å². The van der Waals surface area contributed by atoms with E-state index in [1.807, 2.05) is 18.2 Å². The van der Waals surface area contributed by atoms with Crippen LogP contribution in [0.15, 0.2) is 18.2 Å². The monoisotopic (exact) mass is 233 g/mol. The van der Waals surface area contributed by atoms with E-state index >= 15 is 0 Å². The van der Waals surface area contributed by atoms with Crippen molar-refractivity contribution < 1.29 is 9.47 Å². The summed E-state index contributed by atoms with van der Waals surface area (Å²) in [6, 6.07) is 6.08. The predicted octanol–water partition coefficient (Wildman–Crippen LogP) is 1.70. The molecule has 0 spiro atoms. The highest BCUT2D eigenvalue weighted by atomic mass is 16.5. The van der Waals surface area contributed by atoms with Crippen molar-refractivity contribution in [3.05, 3.63) is 18.2 Å². The Morgan fingerprint density at radius 2 is 2.47 bits per heavy atom. The van der Waals surface area contributed by atoms with E-state index in [2.05, 4.69) is 9.97 Å². The van der Waals surface area contributed by atoms with Gasteiger partial charge in [-0.05, 0) is 31.0 Å². The topological polar surface area (TPSA) is 73.2 Å². The van der Waals surface area contributed by atoms with Crippen molar-refractivity contribution >= 4 is 16.7 Å². The number of nitrogens with two attached hydrogens (primary N) is 1.